The molecule has 2 aromatic carbocycles. The molecule has 3 aromatic rings. The molecule has 0 saturated carbocycles. The monoisotopic (exact) mass is 581 g/mol. The summed E-state index contributed by atoms with van der Waals surface area (Å²) >= 11 is 6.48. The van der Waals surface area contributed by atoms with E-state index in [1.165, 1.54) is 0 Å². The van der Waals surface area contributed by atoms with Gasteiger partial charge in [-0.05, 0) is 56.4 Å². The van der Waals surface area contributed by atoms with Gasteiger partial charge in [0.15, 0.2) is 11.5 Å². The van der Waals surface area contributed by atoms with Gasteiger partial charge in [0.05, 0.1) is 26.5 Å². The van der Waals surface area contributed by atoms with Crippen LogP contribution in [0.25, 0.3) is 5.69 Å². The summed E-state index contributed by atoms with van der Waals surface area (Å²) in [7, 11) is 3.21. The number of fused-ring (bicyclic) bond motifs is 3. The van der Waals surface area contributed by atoms with Crippen LogP contribution in [0.15, 0.2) is 48.8 Å². The largest absolute Gasteiger partial charge is 0.493 e. The fraction of sp³-hybridized carbons (Fsp3) is 0.452. The highest BCUT2D eigenvalue weighted by Gasteiger charge is 2.34. The molecule has 2 atom stereocenters. The number of methoxy groups -OCH3 is 2. The number of hydrogen-bond donors (Lipinski definition) is 0. The molecule has 1 fully saturated rings. The number of rotatable bonds is 9. The number of benzene rings is 2. The zero-order valence-electron chi connectivity index (χ0n) is 23.7. The highest BCUT2D eigenvalue weighted by molar-refractivity contribution is 6.30. The van der Waals surface area contributed by atoms with Gasteiger partial charge in [-0.15, -0.1) is 0 Å². The first kappa shape index (κ1) is 29.0. The molecule has 2 unspecified atom stereocenters. The normalized spacial score (nSPS) is 18.7. The molecule has 1 saturated heterocycles. The van der Waals surface area contributed by atoms with E-state index < -0.39 is 12.2 Å². The lowest BCUT2D eigenvalue weighted by Crippen LogP contribution is -2.39. The van der Waals surface area contributed by atoms with E-state index in [0.29, 0.717) is 55.5 Å². The van der Waals surface area contributed by atoms with Gasteiger partial charge in [0.1, 0.15) is 18.0 Å². The van der Waals surface area contributed by atoms with Crippen LogP contribution in [-0.2, 0) is 19.1 Å². The summed E-state index contributed by atoms with van der Waals surface area (Å²) in [6.07, 6.45) is 5.38. The summed E-state index contributed by atoms with van der Waals surface area (Å²) in [6, 6.07) is 11.4. The minimum absolute atomic E-state index is 0.0709. The van der Waals surface area contributed by atoms with E-state index in [0.717, 1.165) is 35.5 Å². The average molecular weight is 582 g/mol. The first-order valence-corrected chi connectivity index (χ1v) is 14.4. The number of imidazole rings is 1. The van der Waals surface area contributed by atoms with E-state index in [4.69, 9.17) is 30.5 Å². The molecule has 0 spiro atoms. The maximum absolute atomic E-state index is 13.3. The molecule has 5 rings (SSSR count). The lowest BCUT2D eigenvalue weighted by molar-refractivity contribution is -0.144. The number of hydrogen-bond acceptors (Lipinski definition) is 7. The minimum atomic E-state index is -0.547. The highest BCUT2D eigenvalue weighted by Crippen LogP contribution is 2.46. The van der Waals surface area contributed by atoms with Gasteiger partial charge < -0.3 is 28.4 Å². The predicted octanol–water partition coefficient (Wildman–Crippen LogP) is 5.68. The van der Waals surface area contributed by atoms with Crippen LogP contribution < -0.4 is 9.47 Å². The Kier molecular flexibility index (Phi) is 9.15. The van der Waals surface area contributed by atoms with Crippen molar-refractivity contribution in [2.45, 2.75) is 51.2 Å². The Balaban J connectivity index is 1.37. The summed E-state index contributed by atoms with van der Waals surface area (Å²) in [5.41, 5.74) is 2.55. The van der Waals surface area contributed by atoms with Gasteiger partial charge in [0.25, 0.3) is 0 Å². The number of amides is 1. The second-order valence-corrected chi connectivity index (χ2v) is 10.8. The molecule has 2 aliphatic rings. The number of halogens is 1. The van der Waals surface area contributed by atoms with Crippen LogP contribution in [0.5, 0.6) is 11.5 Å². The molecule has 41 heavy (non-hydrogen) atoms. The standard InChI is InChI=1S/C31H36ClN3O6/c1-4-40-28(37)18-20-12-15-34(16-13-20)27(36)11-10-26-31-33-14-17-35(31)24-9-8-21(32)19-23(24)29(41-26)22-6-5-7-25(38-2)30(22)39-3/h5-9,14,17,19-20,26,29H,4,10-13,15-16,18H2,1-3H3. The Bertz CT molecular complexity index is 1380. The summed E-state index contributed by atoms with van der Waals surface area (Å²) in [6.45, 7) is 3.47. The van der Waals surface area contributed by atoms with E-state index in [2.05, 4.69) is 4.98 Å². The summed E-state index contributed by atoms with van der Waals surface area (Å²) in [5.74, 6) is 2.05. The maximum atomic E-state index is 13.3. The Morgan fingerprint density at radius 1 is 1.10 bits per heavy atom. The molecule has 0 aliphatic carbocycles. The van der Waals surface area contributed by atoms with Crippen molar-refractivity contribution in [2.24, 2.45) is 5.92 Å². The number of ether oxygens (including phenoxy) is 4. The van der Waals surface area contributed by atoms with Gasteiger partial charge in [-0.3, -0.25) is 9.59 Å². The molecule has 2 aliphatic heterocycles. The Morgan fingerprint density at radius 3 is 2.63 bits per heavy atom. The van der Waals surface area contributed by atoms with E-state index in [9.17, 15) is 9.59 Å². The van der Waals surface area contributed by atoms with Gasteiger partial charge >= 0.3 is 5.97 Å². The van der Waals surface area contributed by atoms with Crippen LogP contribution in [-0.4, -0.2) is 60.2 Å². The third kappa shape index (κ3) is 6.21. The van der Waals surface area contributed by atoms with E-state index in [1.807, 2.05) is 59.0 Å². The van der Waals surface area contributed by atoms with Crippen LogP contribution >= 0.6 is 11.6 Å². The minimum Gasteiger partial charge on any atom is -0.493 e. The van der Waals surface area contributed by atoms with Crippen LogP contribution in [0.2, 0.25) is 5.02 Å². The zero-order chi connectivity index (χ0) is 28.9. The number of carbonyl (C=O) groups is 2. The third-order valence-corrected chi connectivity index (χ3v) is 8.09. The molecule has 0 bridgehead atoms. The van der Waals surface area contributed by atoms with Gasteiger partial charge in [-0.2, -0.15) is 0 Å². The third-order valence-electron chi connectivity index (χ3n) is 7.85. The van der Waals surface area contributed by atoms with Crippen molar-refractivity contribution in [3.8, 4) is 17.2 Å². The number of piperidine rings is 1. The Morgan fingerprint density at radius 2 is 1.90 bits per heavy atom. The molecule has 9 nitrogen and oxygen atoms in total. The number of aromatic nitrogens is 2. The fourth-order valence-corrected chi connectivity index (χ4v) is 6.00. The molecular weight excluding hydrogens is 546 g/mol. The molecular formula is C31H36ClN3O6. The maximum Gasteiger partial charge on any atom is 0.306 e. The van der Waals surface area contributed by atoms with Crippen LogP contribution in [0.1, 0.15) is 68.2 Å². The fourth-order valence-electron chi connectivity index (χ4n) is 5.82. The number of carbonyl (C=O) groups excluding carboxylic acids is 2. The van der Waals surface area contributed by atoms with Crippen LogP contribution in [0, 0.1) is 5.92 Å². The van der Waals surface area contributed by atoms with Crippen molar-refractivity contribution in [2.75, 3.05) is 33.9 Å². The average Bonchev–Trinajstić information content (AvgIpc) is 3.42. The number of esters is 1. The quantitative estimate of drug-likeness (QED) is 0.300. The van der Waals surface area contributed by atoms with Crippen LogP contribution in [0.4, 0.5) is 0 Å². The Labute approximate surface area is 245 Å². The molecule has 10 heteroatoms. The van der Waals surface area contributed by atoms with Crippen LogP contribution in [0.3, 0.4) is 0 Å². The highest BCUT2D eigenvalue weighted by atomic mass is 35.5. The first-order valence-electron chi connectivity index (χ1n) is 14.1. The molecule has 1 amide bonds. The predicted molar refractivity (Wildman–Crippen MR) is 154 cm³/mol. The molecule has 218 valence electrons. The second kappa shape index (κ2) is 13.0. The van der Waals surface area contributed by atoms with E-state index in [1.54, 1.807) is 20.4 Å². The number of likely N-dealkylation sites (tertiary alicyclic amines) is 1. The number of nitrogens with zero attached hydrogens (tertiary/aromatic N) is 3. The van der Waals surface area contributed by atoms with Crippen molar-refractivity contribution in [3.05, 3.63) is 70.8 Å². The van der Waals surface area contributed by atoms with E-state index in [-0.39, 0.29) is 17.8 Å². The molecule has 3 heterocycles. The van der Waals surface area contributed by atoms with Crippen molar-refractivity contribution >= 4 is 23.5 Å². The second-order valence-electron chi connectivity index (χ2n) is 10.3. The lowest BCUT2D eigenvalue weighted by Gasteiger charge is -2.32. The summed E-state index contributed by atoms with van der Waals surface area (Å²) in [4.78, 5) is 31.7. The van der Waals surface area contributed by atoms with Gasteiger partial charge in [-0.1, -0.05) is 23.7 Å². The first-order chi connectivity index (χ1) is 19.9. The number of para-hydroxylation sites is 1. The SMILES string of the molecule is CCOC(=O)CC1CCN(C(=O)CCC2OC(c3cccc(OC)c3OC)c3cc(Cl)ccc3-n3ccnc32)CC1. The molecule has 1 aromatic heterocycles. The van der Waals surface area contributed by atoms with E-state index >= 15 is 0 Å². The van der Waals surface area contributed by atoms with Gasteiger partial charge in [0.2, 0.25) is 5.91 Å². The van der Waals surface area contributed by atoms with Crippen molar-refractivity contribution < 1.29 is 28.5 Å². The van der Waals surface area contributed by atoms with Crippen molar-refractivity contribution in [1.82, 2.24) is 14.5 Å². The smallest absolute Gasteiger partial charge is 0.306 e. The van der Waals surface area contributed by atoms with Crippen molar-refractivity contribution in [3.63, 3.8) is 0 Å². The van der Waals surface area contributed by atoms with Gasteiger partial charge in [-0.25, -0.2) is 4.98 Å². The molecule has 0 radical (unpaired) electrons. The zero-order valence-corrected chi connectivity index (χ0v) is 24.4. The lowest BCUT2D eigenvalue weighted by atomic mass is 9.93. The van der Waals surface area contributed by atoms with Gasteiger partial charge in [0, 0.05) is 54.5 Å². The Hall–Kier alpha value is -3.56. The summed E-state index contributed by atoms with van der Waals surface area (Å²) < 4.78 is 25.3. The topological polar surface area (TPSA) is 92.1 Å². The molecule has 0 N–H and O–H groups in total. The summed E-state index contributed by atoms with van der Waals surface area (Å²) in [5, 5.41) is 0.584. The van der Waals surface area contributed by atoms with Crippen molar-refractivity contribution in [1.29, 1.82) is 0 Å².